The Bertz CT molecular complexity index is 1140. The molecule has 30 heavy (non-hydrogen) atoms. The number of benzene rings is 1. The van der Waals surface area contributed by atoms with Crippen molar-refractivity contribution in [1.82, 2.24) is 30.0 Å². The molecular weight excluding hydrogens is 376 g/mol. The molecule has 0 saturated carbocycles. The SMILES string of the molecule is COc1ccc(-c2[nH]ncc2CN2CCc3nc(-c4cccnc4)ncc3C2)cc1. The van der Waals surface area contributed by atoms with Gasteiger partial charge in [0.2, 0.25) is 0 Å². The van der Waals surface area contributed by atoms with E-state index in [0.29, 0.717) is 0 Å². The van der Waals surface area contributed by atoms with Crippen molar-refractivity contribution in [2.45, 2.75) is 19.5 Å². The van der Waals surface area contributed by atoms with Crippen molar-refractivity contribution in [3.05, 3.63) is 78.0 Å². The molecule has 1 aromatic carbocycles. The van der Waals surface area contributed by atoms with E-state index in [1.54, 1.807) is 19.5 Å². The van der Waals surface area contributed by atoms with E-state index in [9.17, 15) is 0 Å². The molecule has 0 unspecified atom stereocenters. The smallest absolute Gasteiger partial charge is 0.160 e. The number of fused-ring (bicyclic) bond motifs is 1. The lowest BCUT2D eigenvalue weighted by molar-refractivity contribution is 0.243. The Hall–Kier alpha value is -3.58. The largest absolute Gasteiger partial charge is 0.497 e. The van der Waals surface area contributed by atoms with Gasteiger partial charge in [-0.15, -0.1) is 0 Å². The molecule has 1 aliphatic rings. The van der Waals surface area contributed by atoms with Gasteiger partial charge >= 0.3 is 0 Å². The van der Waals surface area contributed by atoms with E-state index in [-0.39, 0.29) is 0 Å². The number of aromatic nitrogens is 5. The van der Waals surface area contributed by atoms with Crippen molar-refractivity contribution in [3.63, 3.8) is 0 Å². The Balaban J connectivity index is 1.32. The normalized spacial score (nSPS) is 13.8. The highest BCUT2D eigenvalue weighted by molar-refractivity contribution is 5.63. The maximum atomic E-state index is 5.26. The lowest BCUT2D eigenvalue weighted by atomic mass is 10.0. The van der Waals surface area contributed by atoms with E-state index in [1.165, 1.54) is 11.1 Å². The first-order valence-electron chi connectivity index (χ1n) is 9.94. The van der Waals surface area contributed by atoms with Gasteiger partial charge in [-0.25, -0.2) is 9.97 Å². The zero-order valence-electron chi connectivity index (χ0n) is 16.7. The molecule has 3 aromatic heterocycles. The van der Waals surface area contributed by atoms with Crippen LogP contribution in [0.3, 0.4) is 0 Å². The van der Waals surface area contributed by atoms with Gasteiger partial charge in [-0.2, -0.15) is 5.10 Å². The van der Waals surface area contributed by atoms with E-state index in [4.69, 9.17) is 9.72 Å². The Labute approximate surface area is 174 Å². The summed E-state index contributed by atoms with van der Waals surface area (Å²) in [6.07, 6.45) is 8.33. The second-order valence-corrected chi connectivity index (χ2v) is 7.37. The zero-order chi connectivity index (χ0) is 20.3. The van der Waals surface area contributed by atoms with Crippen LogP contribution in [-0.2, 0) is 19.5 Å². The maximum absolute atomic E-state index is 5.26. The van der Waals surface area contributed by atoms with E-state index in [2.05, 4.69) is 37.2 Å². The predicted molar refractivity (Wildman–Crippen MR) is 114 cm³/mol. The number of nitrogens with one attached hydrogen (secondary N) is 1. The summed E-state index contributed by atoms with van der Waals surface area (Å²) in [7, 11) is 1.67. The summed E-state index contributed by atoms with van der Waals surface area (Å²) in [4.78, 5) is 15.9. The third-order valence-electron chi connectivity index (χ3n) is 5.42. The monoisotopic (exact) mass is 398 g/mol. The van der Waals surface area contributed by atoms with Crippen LogP contribution in [0, 0.1) is 0 Å². The molecule has 1 N–H and O–H groups in total. The molecule has 4 heterocycles. The molecule has 0 atom stereocenters. The van der Waals surface area contributed by atoms with Gasteiger partial charge in [0, 0.05) is 66.9 Å². The summed E-state index contributed by atoms with van der Waals surface area (Å²) in [5.41, 5.74) is 6.59. The zero-order valence-corrected chi connectivity index (χ0v) is 16.7. The highest BCUT2D eigenvalue weighted by atomic mass is 16.5. The summed E-state index contributed by atoms with van der Waals surface area (Å²) < 4.78 is 5.26. The van der Waals surface area contributed by atoms with Gasteiger partial charge < -0.3 is 4.74 Å². The van der Waals surface area contributed by atoms with E-state index >= 15 is 0 Å². The van der Waals surface area contributed by atoms with Gasteiger partial charge in [0.05, 0.1) is 24.7 Å². The summed E-state index contributed by atoms with van der Waals surface area (Å²) >= 11 is 0. The van der Waals surface area contributed by atoms with Gasteiger partial charge in [-0.05, 0) is 36.4 Å². The lowest BCUT2D eigenvalue weighted by Gasteiger charge is -2.28. The molecule has 0 aliphatic carbocycles. The predicted octanol–water partition coefficient (Wildman–Crippen LogP) is 3.50. The number of rotatable bonds is 5. The molecule has 4 aromatic rings. The fourth-order valence-corrected chi connectivity index (χ4v) is 3.82. The molecule has 0 spiro atoms. The summed E-state index contributed by atoms with van der Waals surface area (Å²) in [5.74, 6) is 1.59. The Morgan fingerprint density at radius 3 is 2.77 bits per heavy atom. The minimum Gasteiger partial charge on any atom is -0.497 e. The second-order valence-electron chi connectivity index (χ2n) is 7.37. The van der Waals surface area contributed by atoms with Gasteiger partial charge in [0.15, 0.2) is 5.82 Å². The molecular formula is C23H22N6O. The average molecular weight is 398 g/mol. The van der Waals surface area contributed by atoms with Crippen LogP contribution < -0.4 is 4.74 Å². The average Bonchev–Trinajstić information content (AvgIpc) is 3.27. The van der Waals surface area contributed by atoms with Gasteiger partial charge in [-0.3, -0.25) is 15.0 Å². The highest BCUT2D eigenvalue weighted by Crippen LogP contribution is 2.27. The van der Waals surface area contributed by atoms with Crippen LogP contribution in [0.2, 0.25) is 0 Å². The minimum atomic E-state index is 0.743. The molecule has 7 nitrogen and oxygen atoms in total. The van der Waals surface area contributed by atoms with Crippen LogP contribution >= 0.6 is 0 Å². The minimum absolute atomic E-state index is 0.743. The highest BCUT2D eigenvalue weighted by Gasteiger charge is 2.20. The molecule has 0 bridgehead atoms. The number of methoxy groups -OCH3 is 1. The topological polar surface area (TPSA) is 79.8 Å². The van der Waals surface area contributed by atoms with Gasteiger partial charge in [-0.1, -0.05) is 0 Å². The third-order valence-corrected chi connectivity index (χ3v) is 5.42. The van der Waals surface area contributed by atoms with Crippen LogP contribution in [0.15, 0.2) is 61.2 Å². The summed E-state index contributed by atoms with van der Waals surface area (Å²) in [6, 6.07) is 11.9. The molecule has 7 heteroatoms. The van der Waals surface area contributed by atoms with Crippen LogP contribution in [0.1, 0.15) is 16.8 Å². The number of H-pyrrole nitrogens is 1. The van der Waals surface area contributed by atoms with Crippen molar-refractivity contribution >= 4 is 0 Å². The lowest BCUT2D eigenvalue weighted by Crippen LogP contribution is -2.31. The number of hydrogen-bond acceptors (Lipinski definition) is 6. The van der Waals surface area contributed by atoms with Gasteiger partial charge in [0.1, 0.15) is 5.75 Å². The van der Waals surface area contributed by atoms with Crippen molar-refractivity contribution in [2.75, 3.05) is 13.7 Å². The molecule has 0 amide bonds. The molecule has 5 rings (SSSR count). The number of aromatic amines is 1. The molecule has 0 fully saturated rings. The van der Waals surface area contributed by atoms with E-state index in [1.807, 2.05) is 36.7 Å². The Morgan fingerprint density at radius 2 is 1.97 bits per heavy atom. The van der Waals surface area contributed by atoms with Crippen LogP contribution in [-0.4, -0.2) is 43.7 Å². The number of ether oxygens (including phenoxy) is 1. The van der Waals surface area contributed by atoms with Crippen LogP contribution in [0.5, 0.6) is 5.75 Å². The number of hydrogen-bond donors (Lipinski definition) is 1. The number of nitrogens with zero attached hydrogens (tertiary/aromatic N) is 5. The quantitative estimate of drug-likeness (QED) is 0.554. The Morgan fingerprint density at radius 1 is 1.07 bits per heavy atom. The van der Waals surface area contributed by atoms with E-state index in [0.717, 1.165) is 60.1 Å². The summed E-state index contributed by atoms with van der Waals surface area (Å²) in [6.45, 7) is 2.60. The van der Waals surface area contributed by atoms with Crippen LogP contribution in [0.4, 0.5) is 0 Å². The first kappa shape index (κ1) is 18.4. The number of pyridine rings is 1. The molecule has 0 saturated heterocycles. The fraction of sp³-hybridized carbons (Fsp3) is 0.217. The maximum Gasteiger partial charge on any atom is 0.160 e. The van der Waals surface area contributed by atoms with Crippen molar-refractivity contribution < 1.29 is 4.74 Å². The fourth-order valence-electron chi connectivity index (χ4n) is 3.82. The summed E-state index contributed by atoms with van der Waals surface area (Å²) in [5, 5.41) is 7.43. The molecule has 0 radical (unpaired) electrons. The van der Waals surface area contributed by atoms with Crippen molar-refractivity contribution in [2.24, 2.45) is 0 Å². The first-order valence-corrected chi connectivity index (χ1v) is 9.94. The van der Waals surface area contributed by atoms with E-state index < -0.39 is 0 Å². The van der Waals surface area contributed by atoms with Crippen LogP contribution in [0.25, 0.3) is 22.6 Å². The Kier molecular flexibility index (Phi) is 4.94. The van der Waals surface area contributed by atoms with Gasteiger partial charge in [0.25, 0.3) is 0 Å². The third kappa shape index (κ3) is 3.67. The second kappa shape index (κ2) is 8.04. The molecule has 150 valence electrons. The first-order chi connectivity index (χ1) is 14.8. The standard InChI is InChI=1S/C23H22N6O/c1-30-20-6-4-16(5-7-20)22-19(13-26-28-22)15-29-10-8-21-18(14-29)12-25-23(27-21)17-3-2-9-24-11-17/h2-7,9,11-13H,8,10,14-15H2,1H3,(H,26,28). The van der Waals surface area contributed by atoms with Crippen molar-refractivity contribution in [3.8, 4) is 28.4 Å². The van der Waals surface area contributed by atoms with Crippen molar-refractivity contribution in [1.29, 1.82) is 0 Å². The molecule has 1 aliphatic heterocycles.